The number of carbonyl (C=O) groups is 2. The summed E-state index contributed by atoms with van der Waals surface area (Å²) in [5.74, 6) is -0.174. The molecule has 0 aliphatic carbocycles. The maximum Gasteiger partial charge on any atom is 0.275 e. The normalized spacial score (nSPS) is 20.3. The average molecular weight is 495 g/mol. The Morgan fingerprint density at radius 2 is 2.00 bits per heavy atom. The highest BCUT2D eigenvalue weighted by Crippen LogP contribution is 2.27. The van der Waals surface area contributed by atoms with Crippen LogP contribution in [0.5, 0.6) is 0 Å². The Kier molecular flexibility index (Phi) is 7.19. The molecule has 184 valence electrons. The standard InChI is InChI=1S/C25H30N6O3S/c1-16-3-2-4-18-13-17(6-10-26-18)25-29-21(15-35-25)23(32)28-20-14-31(19-7-11-34-12-8-19)30-22(20)24(33)27-9-5-16/h6,10,13-16,19H,2-5,7-9,11-12H2,1H3,(H,27,33)(H,28,32). The number of thiazole rings is 1. The molecule has 1 saturated heterocycles. The number of ether oxygens (including phenoxy) is 1. The molecular formula is C25H30N6O3S. The molecule has 5 heterocycles. The Hall–Kier alpha value is -3.11. The third-order valence-corrected chi connectivity index (χ3v) is 7.50. The minimum Gasteiger partial charge on any atom is -0.381 e. The van der Waals surface area contributed by atoms with Gasteiger partial charge in [-0.05, 0) is 50.2 Å². The fourth-order valence-electron chi connectivity index (χ4n) is 4.52. The van der Waals surface area contributed by atoms with Crippen molar-refractivity contribution in [1.29, 1.82) is 0 Å². The second-order valence-corrected chi connectivity index (χ2v) is 10.1. The summed E-state index contributed by atoms with van der Waals surface area (Å²) in [6, 6.07) is 4.12. The predicted octanol–water partition coefficient (Wildman–Crippen LogP) is 4.10. The smallest absolute Gasteiger partial charge is 0.275 e. The van der Waals surface area contributed by atoms with Crippen molar-refractivity contribution in [3.8, 4) is 10.6 Å². The molecule has 2 aliphatic heterocycles. The Morgan fingerprint density at radius 3 is 2.86 bits per heavy atom. The van der Waals surface area contributed by atoms with E-state index < -0.39 is 0 Å². The summed E-state index contributed by atoms with van der Waals surface area (Å²) in [6.45, 7) is 4.07. The minimum absolute atomic E-state index is 0.134. The molecule has 1 fully saturated rings. The molecule has 5 rings (SSSR count). The Bertz CT molecular complexity index is 1200. The van der Waals surface area contributed by atoms with Crippen LogP contribution in [0.1, 0.15) is 71.7 Å². The van der Waals surface area contributed by atoms with Gasteiger partial charge in [-0.15, -0.1) is 11.3 Å². The summed E-state index contributed by atoms with van der Waals surface area (Å²) in [6.07, 6.45) is 9.04. The Morgan fingerprint density at radius 1 is 1.14 bits per heavy atom. The first-order valence-corrected chi connectivity index (χ1v) is 13.1. The first-order chi connectivity index (χ1) is 17.1. The zero-order valence-corrected chi connectivity index (χ0v) is 20.6. The van der Waals surface area contributed by atoms with Crippen LogP contribution in [0.4, 0.5) is 5.69 Å². The molecule has 0 aromatic carbocycles. The maximum absolute atomic E-state index is 13.1. The van der Waals surface area contributed by atoms with Crippen molar-refractivity contribution in [3.05, 3.63) is 47.0 Å². The van der Waals surface area contributed by atoms with Gasteiger partial charge in [0.05, 0.1) is 11.7 Å². The fourth-order valence-corrected chi connectivity index (χ4v) is 5.32. The van der Waals surface area contributed by atoms with Gasteiger partial charge in [-0.2, -0.15) is 5.10 Å². The topological polar surface area (TPSA) is 111 Å². The van der Waals surface area contributed by atoms with Crippen molar-refractivity contribution < 1.29 is 14.3 Å². The maximum atomic E-state index is 13.1. The highest BCUT2D eigenvalue weighted by Gasteiger charge is 2.24. The molecule has 3 aromatic rings. The van der Waals surface area contributed by atoms with Crippen LogP contribution < -0.4 is 10.6 Å². The molecule has 0 radical (unpaired) electrons. The van der Waals surface area contributed by atoms with E-state index in [4.69, 9.17) is 4.74 Å². The van der Waals surface area contributed by atoms with E-state index in [9.17, 15) is 9.59 Å². The van der Waals surface area contributed by atoms with Crippen LogP contribution in [0.25, 0.3) is 10.6 Å². The molecule has 2 aliphatic rings. The van der Waals surface area contributed by atoms with Gasteiger partial charge in [0, 0.05) is 48.8 Å². The fraction of sp³-hybridized carbons (Fsp3) is 0.480. The van der Waals surface area contributed by atoms with E-state index in [2.05, 4.69) is 38.7 Å². The number of rotatable bonds is 1. The van der Waals surface area contributed by atoms with E-state index in [1.165, 1.54) is 11.3 Å². The molecule has 2 amide bonds. The molecule has 9 nitrogen and oxygen atoms in total. The van der Waals surface area contributed by atoms with E-state index in [1.807, 2.05) is 6.07 Å². The number of pyridine rings is 1. The molecule has 1 unspecified atom stereocenters. The lowest BCUT2D eigenvalue weighted by atomic mass is 9.99. The van der Waals surface area contributed by atoms with Gasteiger partial charge < -0.3 is 15.4 Å². The lowest BCUT2D eigenvalue weighted by molar-refractivity contribution is 0.0660. The molecule has 0 saturated carbocycles. The molecule has 35 heavy (non-hydrogen) atoms. The number of fused-ring (bicyclic) bond motifs is 6. The van der Waals surface area contributed by atoms with E-state index in [-0.39, 0.29) is 23.6 Å². The van der Waals surface area contributed by atoms with Gasteiger partial charge in [-0.3, -0.25) is 19.3 Å². The lowest BCUT2D eigenvalue weighted by Crippen LogP contribution is -2.28. The first kappa shape index (κ1) is 23.6. The molecule has 3 aromatic heterocycles. The monoisotopic (exact) mass is 494 g/mol. The second-order valence-electron chi connectivity index (χ2n) is 9.28. The van der Waals surface area contributed by atoms with Crippen molar-refractivity contribution in [2.24, 2.45) is 5.92 Å². The van der Waals surface area contributed by atoms with Gasteiger partial charge in [-0.25, -0.2) is 4.98 Å². The summed E-state index contributed by atoms with van der Waals surface area (Å²) in [4.78, 5) is 35.2. The number of carbonyl (C=O) groups excluding carboxylic acids is 2. The minimum atomic E-state index is -0.364. The summed E-state index contributed by atoms with van der Waals surface area (Å²) in [5, 5.41) is 13.0. The molecule has 1 atom stereocenters. The third-order valence-electron chi connectivity index (χ3n) is 6.61. The number of aryl methyl sites for hydroxylation is 1. The van der Waals surface area contributed by atoms with Gasteiger partial charge in [0.2, 0.25) is 0 Å². The lowest BCUT2D eigenvalue weighted by Gasteiger charge is -2.22. The third kappa shape index (κ3) is 5.59. The number of hydrogen-bond acceptors (Lipinski definition) is 7. The second kappa shape index (κ2) is 10.7. The van der Waals surface area contributed by atoms with Crippen LogP contribution in [0, 0.1) is 5.92 Å². The van der Waals surface area contributed by atoms with Gasteiger partial charge in [0.15, 0.2) is 5.69 Å². The molecule has 0 spiro atoms. The van der Waals surface area contributed by atoms with Crippen molar-refractivity contribution in [2.75, 3.05) is 25.1 Å². The van der Waals surface area contributed by atoms with Gasteiger partial charge in [0.1, 0.15) is 10.7 Å². The molecule has 4 bridgehead atoms. The predicted molar refractivity (Wildman–Crippen MR) is 134 cm³/mol. The van der Waals surface area contributed by atoms with Gasteiger partial charge in [-0.1, -0.05) is 13.3 Å². The quantitative estimate of drug-likeness (QED) is 0.527. The van der Waals surface area contributed by atoms with Crippen LogP contribution in [-0.4, -0.2) is 51.3 Å². The number of anilines is 1. The van der Waals surface area contributed by atoms with E-state index in [1.54, 1.807) is 22.5 Å². The number of nitrogens with zero attached hydrogens (tertiary/aromatic N) is 4. The number of hydrogen-bond donors (Lipinski definition) is 2. The van der Waals surface area contributed by atoms with Gasteiger partial charge >= 0.3 is 0 Å². The largest absolute Gasteiger partial charge is 0.381 e. The summed E-state index contributed by atoms with van der Waals surface area (Å²) < 4.78 is 7.26. The Balaban J connectivity index is 1.46. The molecular weight excluding hydrogens is 464 g/mol. The summed E-state index contributed by atoms with van der Waals surface area (Å²) in [7, 11) is 0. The van der Waals surface area contributed by atoms with Crippen LogP contribution in [0.15, 0.2) is 29.9 Å². The van der Waals surface area contributed by atoms with Crippen LogP contribution in [0.3, 0.4) is 0 Å². The first-order valence-electron chi connectivity index (χ1n) is 12.2. The zero-order chi connectivity index (χ0) is 24.2. The van der Waals surface area contributed by atoms with Crippen molar-refractivity contribution >= 4 is 28.8 Å². The zero-order valence-electron chi connectivity index (χ0n) is 19.8. The molecule has 2 N–H and O–H groups in total. The number of aromatic nitrogens is 4. The summed E-state index contributed by atoms with van der Waals surface area (Å²) >= 11 is 1.42. The van der Waals surface area contributed by atoms with Crippen molar-refractivity contribution in [2.45, 2.75) is 51.5 Å². The SMILES string of the molecule is CC1CCCc2cc(ccn2)-c2nc(cs2)C(=O)Nc2cn(C3CCOCC3)nc2C(=O)NCC1. The number of nitrogens with one attached hydrogen (secondary N) is 2. The van der Waals surface area contributed by atoms with Crippen LogP contribution in [-0.2, 0) is 11.2 Å². The van der Waals surface area contributed by atoms with Crippen LogP contribution >= 0.6 is 11.3 Å². The van der Waals surface area contributed by atoms with E-state index in [0.717, 1.165) is 54.8 Å². The average Bonchev–Trinajstić information content (AvgIpc) is 3.52. The van der Waals surface area contributed by atoms with E-state index >= 15 is 0 Å². The highest BCUT2D eigenvalue weighted by atomic mass is 32.1. The summed E-state index contributed by atoms with van der Waals surface area (Å²) in [5.41, 5.74) is 2.92. The highest BCUT2D eigenvalue weighted by molar-refractivity contribution is 7.13. The Labute approximate surface area is 208 Å². The molecule has 10 heteroatoms. The van der Waals surface area contributed by atoms with Crippen molar-refractivity contribution in [3.63, 3.8) is 0 Å². The number of amides is 2. The van der Waals surface area contributed by atoms with Crippen molar-refractivity contribution in [1.82, 2.24) is 25.1 Å². The van der Waals surface area contributed by atoms with Gasteiger partial charge in [0.25, 0.3) is 11.8 Å². The van der Waals surface area contributed by atoms with E-state index in [0.29, 0.717) is 37.1 Å². The van der Waals surface area contributed by atoms with Crippen LogP contribution in [0.2, 0.25) is 0 Å².